The lowest BCUT2D eigenvalue weighted by Gasteiger charge is -2.02. The highest BCUT2D eigenvalue weighted by atomic mass is 16.5. The van der Waals surface area contributed by atoms with Crippen LogP contribution in [0.15, 0.2) is 42.5 Å². The van der Waals surface area contributed by atoms with E-state index in [2.05, 4.69) is 5.32 Å². The minimum absolute atomic E-state index is 0.0844. The molecular weight excluding hydrogens is 218 g/mol. The van der Waals surface area contributed by atoms with Crippen LogP contribution in [0.25, 0.3) is 0 Å². The number of alkyl carbamates (subject to hydrolysis) is 1. The van der Waals surface area contributed by atoms with Crippen molar-refractivity contribution in [3.63, 3.8) is 0 Å². The zero-order chi connectivity index (χ0) is 12.3. The number of aliphatic hydroxyl groups excluding tert-OH is 1. The average molecular weight is 235 g/mol. The molecule has 0 saturated carbocycles. The van der Waals surface area contributed by atoms with Crippen molar-refractivity contribution in [1.29, 1.82) is 0 Å². The Balaban J connectivity index is 2.12. The molecule has 0 aliphatic carbocycles. The number of hydrogen-bond donors (Lipinski definition) is 2. The average Bonchev–Trinajstić information content (AvgIpc) is 2.37. The first-order chi connectivity index (χ1) is 8.33. The molecule has 0 aliphatic heterocycles. The highest BCUT2D eigenvalue weighted by molar-refractivity contribution is 5.67. The van der Waals surface area contributed by atoms with Crippen molar-refractivity contribution < 1.29 is 14.6 Å². The maximum absolute atomic E-state index is 11.0. The molecule has 0 spiro atoms. The van der Waals surface area contributed by atoms with Gasteiger partial charge in [0.25, 0.3) is 0 Å². The summed E-state index contributed by atoms with van der Waals surface area (Å²) in [6, 6.07) is 10.0. The minimum atomic E-state index is -0.511. The van der Waals surface area contributed by atoms with Gasteiger partial charge in [-0.15, -0.1) is 0 Å². The second-order valence-electron chi connectivity index (χ2n) is 3.41. The van der Waals surface area contributed by atoms with Gasteiger partial charge in [-0.25, -0.2) is 4.79 Å². The molecule has 2 N–H and O–H groups in total. The van der Waals surface area contributed by atoms with Gasteiger partial charge in [0, 0.05) is 6.54 Å². The molecule has 92 valence electrons. The first-order valence-corrected chi connectivity index (χ1v) is 5.53. The van der Waals surface area contributed by atoms with Gasteiger partial charge in [-0.2, -0.15) is 0 Å². The van der Waals surface area contributed by atoms with Crippen LogP contribution in [0.1, 0.15) is 5.56 Å². The third kappa shape index (κ3) is 6.37. The van der Waals surface area contributed by atoms with Crippen LogP contribution in [0, 0.1) is 0 Å². The summed E-state index contributed by atoms with van der Waals surface area (Å²) in [7, 11) is 0. The largest absolute Gasteiger partial charge is 0.445 e. The number of rotatable bonds is 6. The first kappa shape index (κ1) is 13.3. The summed E-state index contributed by atoms with van der Waals surface area (Å²) in [5.74, 6) is 0. The second kappa shape index (κ2) is 8.35. The van der Waals surface area contributed by atoms with Crippen LogP contribution in [0.4, 0.5) is 4.79 Å². The number of carbonyl (C=O) groups is 1. The Kier molecular flexibility index (Phi) is 6.51. The molecule has 1 aromatic carbocycles. The van der Waals surface area contributed by atoms with Crippen molar-refractivity contribution >= 4 is 6.09 Å². The number of hydrogen-bond acceptors (Lipinski definition) is 3. The summed E-state index contributed by atoms with van der Waals surface area (Å²) in [6.07, 6.45) is 4.06. The van der Waals surface area contributed by atoms with Gasteiger partial charge in [0.2, 0.25) is 0 Å². The van der Waals surface area contributed by atoms with E-state index in [4.69, 9.17) is 9.84 Å². The Morgan fingerprint density at radius 1 is 1.29 bits per heavy atom. The minimum Gasteiger partial charge on any atom is -0.445 e. The predicted octanol–water partition coefficient (Wildman–Crippen LogP) is 1.50. The fourth-order valence-corrected chi connectivity index (χ4v) is 1.23. The molecule has 1 aromatic rings. The van der Waals surface area contributed by atoms with Crippen molar-refractivity contribution in [2.75, 3.05) is 19.8 Å². The van der Waals surface area contributed by atoms with Crippen LogP contribution in [0.3, 0.4) is 0 Å². The lowest BCUT2D eigenvalue weighted by atomic mass is 10.1. The molecule has 1 rings (SSSR count). The van der Waals surface area contributed by atoms with Gasteiger partial charge in [0.05, 0.1) is 6.61 Å². The van der Waals surface area contributed by atoms with Crippen LogP contribution in [-0.2, 0) is 11.2 Å². The number of carbonyl (C=O) groups excluding carboxylic acids is 1. The predicted molar refractivity (Wildman–Crippen MR) is 65.7 cm³/mol. The lowest BCUT2D eigenvalue weighted by Crippen LogP contribution is -2.27. The van der Waals surface area contributed by atoms with Gasteiger partial charge < -0.3 is 15.2 Å². The molecule has 4 heteroatoms. The van der Waals surface area contributed by atoms with E-state index in [1.54, 1.807) is 6.08 Å². The van der Waals surface area contributed by atoms with Crippen molar-refractivity contribution in [1.82, 2.24) is 5.32 Å². The van der Waals surface area contributed by atoms with Gasteiger partial charge in [-0.05, 0) is 12.0 Å². The molecule has 0 atom stereocenters. The van der Waals surface area contributed by atoms with Gasteiger partial charge in [-0.1, -0.05) is 42.5 Å². The van der Waals surface area contributed by atoms with E-state index in [0.29, 0.717) is 0 Å². The van der Waals surface area contributed by atoms with Gasteiger partial charge in [-0.3, -0.25) is 0 Å². The van der Waals surface area contributed by atoms with E-state index >= 15 is 0 Å². The summed E-state index contributed by atoms with van der Waals surface area (Å²) in [6.45, 7) is 0.371. The number of nitrogens with one attached hydrogen (secondary N) is 1. The lowest BCUT2D eigenvalue weighted by molar-refractivity contribution is 0.155. The van der Waals surface area contributed by atoms with Crippen LogP contribution in [-0.4, -0.2) is 31.0 Å². The zero-order valence-electron chi connectivity index (χ0n) is 9.63. The van der Waals surface area contributed by atoms with E-state index < -0.39 is 6.09 Å². The van der Waals surface area contributed by atoms with E-state index in [9.17, 15) is 4.79 Å². The standard InChI is InChI=1S/C13H17NO3/c15-10-9-14-13(16)17-11-5-4-8-12-6-2-1-3-7-12/h1-7,15H,8-11H2,(H,14,16). The van der Waals surface area contributed by atoms with Crippen molar-refractivity contribution in [2.45, 2.75) is 6.42 Å². The molecule has 0 aliphatic rings. The Labute approximate surface area is 101 Å². The quantitative estimate of drug-likeness (QED) is 0.735. The van der Waals surface area contributed by atoms with E-state index in [-0.39, 0.29) is 19.8 Å². The molecule has 17 heavy (non-hydrogen) atoms. The first-order valence-electron chi connectivity index (χ1n) is 5.53. The van der Waals surface area contributed by atoms with Crippen LogP contribution >= 0.6 is 0 Å². The molecule has 0 unspecified atom stereocenters. The highest BCUT2D eigenvalue weighted by Crippen LogP contribution is 1.99. The SMILES string of the molecule is O=C(NCCO)OCC=CCc1ccccc1. The fourth-order valence-electron chi connectivity index (χ4n) is 1.23. The molecular formula is C13H17NO3. The molecule has 4 nitrogen and oxygen atoms in total. The van der Waals surface area contributed by atoms with Crippen molar-refractivity contribution in [3.8, 4) is 0 Å². The molecule has 0 fully saturated rings. The van der Waals surface area contributed by atoms with Crippen LogP contribution < -0.4 is 5.32 Å². The number of allylic oxidation sites excluding steroid dienone is 1. The summed E-state index contributed by atoms with van der Waals surface area (Å²) in [5, 5.41) is 10.9. The molecule has 1 amide bonds. The Hall–Kier alpha value is -1.81. The molecule has 0 bridgehead atoms. The second-order valence-corrected chi connectivity index (χ2v) is 3.41. The number of aliphatic hydroxyl groups is 1. The van der Waals surface area contributed by atoms with Crippen molar-refractivity contribution in [2.24, 2.45) is 0 Å². The summed E-state index contributed by atoms with van der Waals surface area (Å²) >= 11 is 0. The molecule has 0 saturated heterocycles. The third-order valence-electron chi connectivity index (χ3n) is 2.05. The Morgan fingerprint density at radius 3 is 2.76 bits per heavy atom. The third-order valence-corrected chi connectivity index (χ3v) is 2.05. The monoisotopic (exact) mass is 235 g/mol. The van der Waals surface area contributed by atoms with Gasteiger partial charge in [0.1, 0.15) is 6.61 Å². The van der Waals surface area contributed by atoms with Crippen LogP contribution in [0.5, 0.6) is 0 Å². The maximum Gasteiger partial charge on any atom is 0.407 e. The summed E-state index contributed by atoms with van der Waals surface area (Å²) in [4.78, 5) is 11.0. The van der Waals surface area contributed by atoms with Gasteiger partial charge >= 0.3 is 6.09 Å². The highest BCUT2D eigenvalue weighted by Gasteiger charge is 1.96. The van der Waals surface area contributed by atoms with E-state index in [0.717, 1.165) is 6.42 Å². The summed E-state index contributed by atoms with van der Waals surface area (Å²) < 4.78 is 4.83. The fraction of sp³-hybridized carbons (Fsp3) is 0.308. The zero-order valence-corrected chi connectivity index (χ0v) is 9.63. The normalized spacial score (nSPS) is 10.4. The number of benzene rings is 1. The van der Waals surface area contributed by atoms with Crippen LogP contribution in [0.2, 0.25) is 0 Å². The van der Waals surface area contributed by atoms with Crippen molar-refractivity contribution in [3.05, 3.63) is 48.0 Å². The number of amides is 1. The van der Waals surface area contributed by atoms with Gasteiger partial charge in [0.15, 0.2) is 0 Å². The number of ether oxygens (including phenoxy) is 1. The molecule has 0 aromatic heterocycles. The Bertz CT molecular complexity index is 349. The maximum atomic E-state index is 11.0. The van der Waals surface area contributed by atoms with E-state index in [1.807, 2.05) is 36.4 Å². The summed E-state index contributed by atoms with van der Waals surface area (Å²) in [5.41, 5.74) is 1.22. The molecule has 0 heterocycles. The topological polar surface area (TPSA) is 58.6 Å². The molecule has 0 radical (unpaired) electrons. The van der Waals surface area contributed by atoms with E-state index in [1.165, 1.54) is 5.56 Å². The Morgan fingerprint density at radius 2 is 2.06 bits per heavy atom. The smallest absolute Gasteiger partial charge is 0.407 e.